The van der Waals surface area contributed by atoms with Crippen molar-refractivity contribution in [2.24, 2.45) is 0 Å². The van der Waals surface area contributed by atoms with Crippen molar-refractivity contribution in [3.05, 3.63) is 59.0 Å². The predicted octanol–water partition coefficient (Wildman–Crippen LogP) is 3.57. The Morgan fingerprint density at radius 2 is 1.87 bits per heavy atom. The highest BCUT2D eigenvalue weighted by Gasteiger charge is 2.35. The van der Waals surface area contributed by atoms with Crippen molar-refractivity contribution in [2.45, 2.75) is 58.4 Å². The molecule has 0 unspecified atom stereocenters. The standard InChI is InChI=1S/C25H32N8O5S/c1-8-20(22-15(3)31-38-16(22)4)33-24(18-10-9-11-21(28-18)36-6)29-30-25(33)32-39(34,35)17(5)23(37-7)19-13-26-14(2)12-27-19/h9-13,17,20,23H,8H2,1-7H3,(H,30,32)/t17-,20+,23-/m0/s1. The van der Waals surface area contributed by atoms with Crippen LogP contribution in [0.25, 0.3) is 11.5 Å². The highest BCUT2D eigenvalue weighted by atomic mass is 32.2. The first-order chi connectivity index (χ1) is 18.6. The van der Waals surface area contributed by atoms with Crippen molar-refractivity contribution in [3.8, 4) is 17.4 Å². The number of rotatable bonds is 11. The lowest BCUT2D eigenvalue weighted by atomic mass is 10.0. The van der Waals surface area contributed by atoms with Crippen LogP contribution < -0.4 is 9.46 Å². The van der Waals surface area contributed by atoms with E-state index in [1.165, 1.54) is 27.3 Å². The Bertz CT molecular complexity index is 1510. The molecule has 3 atom stereocenters. The number of hydrogen-bond donors (Lipinski definition) is 1. The second-order valence-electron chi connectivity index (χ2n) is 9.04. The summed E-state index contributed by atoms with van der Waals surface area (Å²) in [6, 6.07) is 4.82. The Morgan fingerprint density at radius 3 is 2.46 bits per heavy atom. The van der Waals surface area contributed by atoms with Gasteiger partial charge in [0.25, 0.3) is 0 Å². The number of hydrogen-bond acceptors (Lipinski definition) is 11. The first-order valence-corrected chi connectivity index (χ1v) is 13.9. The van der Waals surface area contributed by atoms with Gasteiger partial charge in [-0.15, -0.1) is 10.2 Å². The average molecular weight is 557 g/mol. The number of aryl methyl sites for hydroxylation is 3. The molecule has 0 aromatic carbocycles. The number of pyridine rings is 1. The molecule has 1 N–H and O–H groups in total. The summed E-state index contributed by atoms with van der Waals surface area (Å²) in [5, 5.41) is 11.6. The Morgan fingerprint density at radius 1 is 1.10 bits per heavy atom. The molecule has 0 aliphatic rings. The summed E-state index contributed by atoms with van der Waals surface area (Å²) >= 11 is 0. The third kappa shape index (κ3) is 5.61. The highest BCUT2D eigenvalue weighted by Crippen LogP contribution is 2.35. The van der Waals surface area contributed by atoms with Crippen molar-refractivity contribution in [3.63, 3.8) is 0 Å². The molecule has 0 radical (unpaired) electrons. The largest absolute Gasteiger partial charge is 0.481 e. The molecule has 39 heavy (non-hydrogen) atoms. The van der Waals surface area contributed by atoms with Crippen molar-refractivity contribution >= 4 is 16.0 Å². The van der Waals surface area contributed by atoms with Crippen LogP contribution >= 0.6 is 0 Å². The topological polar surface area (TPSA) is 160 Å². The van der Waals surface area contributed by atoms with Gasteiger partial charge in [0.1, 0.15) is 22.8 Å². The van der Waals surface area contributed by atoms with Gasteiger partial charge in [0.15, 0.2) is 5.82 Å². The van der Waals surface area contributed by atoms with Gasteiger partial charge in [-0.05, 0) is 40.2 Å². The summed E-state index contributed by atoms with van der Waals surface area (Å²) in [5.74, 6) is 1.35. The maximum absolute atomic E-state index is 13.7. The molecule has 0 bridgehead atoms. The van der Waals surface area contributed by atoms with E-state index in [4.69, 9.17) is 14.0 Å². The number of methoxy groups -OCH3 is 2. The molecular formula is C25H32N8O5S. The Hall–Kier alpha value is -3.91. The summed E-state index contributed by atoms with van der Waals surface area (Å²) in [4.78, 5) is 13.0. The van der Waals surface area contributed by atoms with Gasteiger partial charge in [0.05, 0.1) is 36.4 Å². The minimum atomic E-state index is -4.07. The van der Waals surface area contributed by atoms with E-state index in [2.05, 4.69) is 35.0 Å². The maximum atomic E-state index is 13.7. The van der Waals surface area contributed by atoms with E-state index in [1.54, 1.807) is 35.9 Å². The molecule has 0 aliphatic carbocycles. The molecule has 4 aromatic heterocycles. The molecule has 0 amide bonds. The van der Waals surface area contributed by atoms with E-state index in [0.29, 0.717) is 46.7 Å². The fourth-order valence-electron chi connectivity index (χ4n) is 4.45. The number of anilines is 1. The third-order valence-corrected chi connectivity index (χ3v) is 8.17. The second kappa shape index (κ2) is 11.5. The number of nitrogens with one attached hydrogen (secondary N) is 1. The van der Waals surface area contributed by atoms with Gasteiger partial charge < -0.3 is 14.0 Å². The van der Waals surface area contributed by atoms with Gasteiger partial charge in [0, 0.05) is 24.9 Å². The smallest absolute Gasteiger partial charge is 0.240 e. The molecule has 13 nitrogen and oxygen atoms in total. The zero-order valence-corrected chi connectivity index (χ0v) is 23.7. The molecule has 0 saturated carbocycles. The first kappa shape index (κ1) is 28.1. The molecule has 0 saturated heterocycles. The highest BCUT2D eigenvalue weighted by molar-refractivity contribution is 7.93. The molecule has 0 fully saturated rings. The fraction of sp³-hybridized carbons (Fsp3) is 0.440. The monoisotopic (exact) mass is 556 g/mol. The third-order valence-electron chi connectivity index (χ3n) is 6.47. The summed E-state index contributed by atoms with van der Waals surface area (Å²) < 4.78 is 48.0. The van der Waals surface area contributed by atoms with Crippen molar-refractivity contribution in [1.82, 2.24) is 34.9 Å². The zero-order valence-electron chi connectivity index (χ0n) is 22.9. The summed E-state index contributed by atoms with van der Waals surface area (Å²) in [6.07, 6.45) is 2.75. The minimum absolute atomic E-state index is 0.0122. The Balaban J connectivity index is 1.81. The van der Waals surface area contributed by atoms with Crippen LogP contribution in [0, 0.1) is 20.8 Å². The van der Waals surface area contributed by atoms with E-state index in [9.17, 15) is 8.42 Å². The summed E-state index contributed by atoms with van der Waals surface area (Å²) in [5.41, 5.74) is 3.04. The number of sulfonamides is 1. The van der Waals surface area contributed by atoms with Crippen molar-refractivity contribution < 1.29 is 22.4 Å². The van der Waals surface area contributed by atoms with Crippen molar-refractivity contribution in [1.29, 1.82) is 0 Å². The second-order valence-corrected chi connectivity index (χ2v) is 11.1. The van der Waals surface area contributed by atoms with Crippen LogP contribution in [0.1, 0.15) is 60.8 Å². The van der Waals surface area contributed by atoms with Gasteiger partial charge in [-0.3, -0.25) is 19.3 Å². The average Bonchev–Trinajstić information content (AvgIpc) is 3.48. The normalized spacial score (nSPS) is 14.1. The van der Waals surface area contributed by atoms with Gasteiger partial charge in [-0.25, -0.2) is 13.4 Å². The molecule has 14 heteroatoms. The zero-order chi connectivity index (χ0) is 28.3. The SMILES string of the molecule is CC[C@H](c1c(C)noc1C)n1c(NS(=O)(=O)[C@@H](C)[C@H](OC)c2cnc(C)cn2)nnc1-c1cccc(OC)n1. The lowest BCUT2D eigenvalue weighted by Crippen LogP contribution is -2.33. The lowest BCUT2D eigenvalue weighted by Gasteiger charge is -2.24. The molecule has 0 aliphatic heterocycles. The first-order valence-electron chi connectivity index (χ1n) is 12.3. The fourth-order valence-corrected chi connectivity index (χ4v) is 5.61. The molecule has 0 spiro atoms. The van der Waals surface area contributed by atoms with Crippen LogP contribution in [-0.2, 0) is 14.8 Å². The van der Waals surface area contributed by atoms with Crippen molar-refractivity contribution in [2.75, 3.05) is 18.9 Å². The number of nitrogens with zero attached hydrogens (tertiary/aromatic N) is 7. The van der Waals surface area contributed by atoms with E-state index < -0.39 is 27.4 Å². The van der Waals surface area contributed by atoms with E-state index >= 15 is 0 Å². The predicted molar refractivity (Wildman–Crippen MR) is 143 cm³/mol. The van der Waals surface area contributed by atoms with Crippen LogP contribution in [0.3, 0.4) is 0 Å². The summed E-state index contributed by atoms with van der Waals surface area (Å²) in [6.45, 7) is 8.95. The Kier molecular flexibility index (Phi) is 8.25. The molecule has 4 rings (SSSR count). The molecule has 4 heterocycles. The number of ether oxygens (including phenoxy) is 2. The van der Waals surface area contributed by atoms with Crippen LogP contribution in [0.2, 0.25) is 0 Å². The summed E-state index contributed by atoms with van der Waals surface area (Å²) in [7, 11) is -1.12. The minimum Gasteiger partial charge on any atom is -0.481 e. The van der Waals surface area contributed by atoms with E-state index in [0.717, 1.165) is 5.56 Å². The number of aromatic nitrogens is 7. The van der Waals surface area contributed by atoms with Gasteiger partial charge >= 0.3 is 0 Å². The van der Waals surface area contributed by atoms with E-state index in [1.807, 2.05) is 20.8 Å². The van der Waals surface area contributed by atoms with Crippen LogP contribution in [0.15, 0.2) is 35.1 Å². The quantitative estimate of drug-likeness (QED) is 0.288. The van der Waals surface area contributed by atoms with Crippen LogP contribution in [0.4, 0.5) is 5.95 Å². The molecular weight excluding hydrogens is 524 g/mol. The van der Waals surface area contributed by atoms with E-state index in [-0.39, 0.29) is 5.95 Å². The molecule has 4 aromatic rings. The lowest BCUT2D eigenvalue weighted by molar-refractivity contribution is 0.0985. The van der Waals surface area contributed by atoms with Gasteiger partial charge in [-0.1, -0.05) is 18.1 Å². The Labute approximate surface area is 227 Å². The van der Waals surface area contributed by atoms with Crippen LogP contribution in [-0.4, -0.2) is 62.8 Å². The van der Waals surface area contributed by atoms with Gasteiger partial charge in [-0.2, -0.15) is 0 Å². The maximum Gasteiger partial charge on any atom is 0.240 e. The van der Waals surface area contributed by atoms with Crippen LogP contribution in [0.5, 0.6) is 5.88 Å². The van der Waals surface area contributed by atoms with Gasteiger partial charge in [0.2, 0.25) is 21.9 Å². The molecule has 208 valence electrons.